The number of carboxylic acid groups (broad SMARTS) is 1. The number of aromatic hydroxyl groups is 1. The summed E-state index contributed by atoms with van der Waals surface area (Å²) in [6.45, 7) is 1.47. The lowest BCUT2D eigenvalue weighted by Crippen LogP contribution is -2.13. The van der Waals surface area contributed by atoms with E-state index in [0.717, 1.165) is 6.07 Å². The van der Waals surface area contributed by atoms with Crippen molar-refractivity contribution in [3.05, 3.63) is 21.9 Å². The monoisotopic (exact) mass is 306 g/mol. The van der Waals surface area contributed by atoms with Gasteiger partial charge in [0.15, 0.2) is 11.5 Å². The lowest BCUT2D eigenvalue weighted by molar-refractivity contribution is -0.141. The highest BCUT2D eigenvalue weighted by molar-refractivity contribution is 9.10. The Labute approximate surface area is 106 Å². The number of hydrogen-bond donors (Lipinski definition) is 2. The van der Waals surface area contributed by atoms with Gasteiger partial charge < -0.3 is 14.9 Å². The Morgan fingerprint density at radius 2 is 2.24 bits per heavy atom. The number of benzene rings is 1. The Bertz CT molecular complexity index is 448. The van der Waals surface area contributed by atoms with E-state index in [-0.39, 0.29) is 28.0 Å². The zero-order chi connectivity index (χ0) is 13.2. The first-order valence-electron chi connectivity index (χ1n) is 4.85. The minimum atomic E-state index is -1.02. The fraction of sp³-hybridized carbons (Fsp3) is 0.364. The van der Waals surface area contributed by atoms with Crippen LogP contribution in [0.5, 0.6) is 11.5 Å². The molecule has 0 fully saturated rings. The van der Waals surface area contributed by atoms with Gasteiger partial charge in [0.25, 0.3) is 0 Å². The third kappa shape index (κ3) is 2.88. The summed E-state index contributed by atoms with van der Waals surface area (Å²) >= 11 is 3.04. The number of rotatable bonds is 4. The van der Waals surface area contributed by atoms with Gasteiger partial charge in [0.2, 0.25) is 0 Å². The van der Waals surface area contributed by atoms with Gasteiger partial charge >= 0.3 is 5.97 Å². The van der Waals surface area contributed by atoms with Crippen LogP contribution in [0.25, 0.3) is 0 Å². The van der Waals surface area contributed by atoms with Crippen molar-refractivity contribution in [2.24, 2.45) is 5.92 Å². The van der Waals surface area contributed by atoms with E-state index in [4.69, 9.17) is 9.84 Å². The van der Waals surface area contributed by atoms with Gasteiger partial charge in [-0.05, 0) is 22.4 Å². The average molecular weight is 307 g/mol. The molecule has 0 heterocycles. The second-order valence-electron chi connectivity index (χ2n) is 3.65. The van der Waals surface area contributed by atoms with E-state index < -0.39 is 17.7 Å². The molecule has 0 amide bonds. The fourth-order valence-electron chi connectivity index (χ4n) is 1.36. The van der Waals surface area contributed by atoms with Crippen molar-refractivity contribution in [3.8, 4) is 11.5 Å². The topological polar surface area (TPSA) is 66.8 Å². The van der Waals surface area contributed by atoms with Gasteiger partial charge in [-0.25, -0.2) is 4.39 Å². The number of ether oxygens (including phenoxy) is 1. The van der Waals surface area contributed by atoms with Gasteiger partial charge in [-0.3, -0.25) is 4.79 Å². The Morgan fingerprint density at radius 1 is 1.65 bits per heavy atom. The molecule has 0 saturated carbocycles. The van der Waals surface area contributed by atoms with Crippen molar-refractivity contribution in [3.63, 3.8) is 0 Å². The molecule has 1 unspecified atom stereocenters. The van der Waals surface area contributed by atoms with Crippen molar-refractivity contribution in [2.75, 3.05) is 7.11 Å². The number of carboxylic acids is 1. The molecule has 0 aliphatic rings. The first-order valence-corrected chi connectivity index (χ1v) is 5.64. The van der Waals surface area contributed by atoms with E-state index >= 15 is 0 Å². The fourth-order valence-corrected chi connectivity index (χ4v) is 1.91. The van der Waals surface area contributed by atoms with Gasteiger partial charge in [0.1, 0.15) is 5.82 Å². The van der Waals surface area contributed by atoms with Gasteiger partial charge in [-0.1, -0.05) is 6.92 Å². The Morgan fingerprint density at radius 3 is 2.71 bits per heavy atom. The van der Waals surface area contributed by atoms with Crippen molar-refractivity contribution in [1.82, 2.24) is 0 Å². The Hall–Kier alpha value is -1.30. The van der Waals surface area contributed by atoms with Crippen LogP contribution in [0.2, 0.25) is 0 Å². The van der Waals surface area contributed by atoms with Crippen LogP contribution in [0.4, 0.5) is 4.39 Å². The predicted octanol–water partition coefficient (Wildman–Crippen LogP) is 2.57. The molecular weight excluding hydrogens is 295 g/mol. The number of aliphatic carboxylic acids is 1. The normalized spacial score (nSPS) is 12.2. The summed E-state index contributed by atoms with van der Waals surface area (Å²) in [7, 11) is 1.31. The molecule has 0 aliphatic heterocycles. The molecule has 0 bridgehead atoms. The minimum Gasteiger partial charge on any atom is -0.503 e. The van der Waals surface area contributed by atoms with Crippen LogP contribution in [-0.2, 0) is 11.2 Å². The maximum atomic E-state index is 13.7. The maximum absolute atomic E-state index is 13.7. The van der Waals surface area contributed by atoms with Crippen molar-refractivity contribution < 1.29 is 24.1 Å². The molecular formula is C11H12BrFO4. The number of phenolic OH excluding ortho intramolecular Hbond substituents is 1. The quantitative estimate of drug-likeness (QED) is 0.897. The highest BCUT2D eigenvalue weighted by Gasteiger charge is 2.21. The Balaban J connectivity index is 3.17. The predicted molar refractivity (Wildman–Crippen MR) is 62.8 cm³/mol. The van der Waals surface area contributed by atoms with Crippen LogP contribution in [0.1, 0.15) is 12.5 Å². The molecule has 1 aromatic carbocycles. The third-order valence-electron chi connectivity index (χ3n) is 2.40. The van der Waals surface area contributed by atoms with Crippen LogP contribution < -0.4 is 4.74 Å². The largest absolute Gasteiger partial charge is 0.503 e. The van der Waals surface area contributed by atoms with Gasteiger partial charge in [-0.15, -0.1) is 0 Å². The second kappa shape index (κ2) is 5.35. The second-order valence-corrected chi connectivity index (χ2v) is 4.44. The van der Waals surface area contributed by atoms with E-state index in [1.165, 1.54) is 14.0 Å². The van der Waals surface area contributed by atoms with Crippen LogP contribution in [-0.4, -0.2) is 23.3 Å². The summed E-state index contributed by atoms with van der Waals surface area (Å²) in [5, 5.41) is 18.4. The van der Waals surface area contributed by atoms with E-state index in [9.17, 15) is 14.3 Å². The minimum absolute atomic E-state index is 0.00102. The van der Waals surface area contributed by atoms with Gasteiger partial charge in [0, 0.05) is 11.6 Å². The number of carbonyl (C=O) groups is 1. The van der Waals surface area contributed by atoms with E-state index in [1.54, 1.807) is 0 Å². The zero-order valence-electron chi connectivity index (χ0n) is 9.33. The summed E-state index contributed by atoms with van der Waals surface area (Å²) in [6, 6.07) is 1.03. The van der Waals surface area contributed by atoms with Crippen LogP contribution in [0, 0.1) is 11.7 Å². The lowest BCUT2D eigenvalue weighted by Gasteiger charge is -2.13. The smallest absolute Gasteiger partial charge is 0.306 e. The molecule has 2 N–H and O–H groups in total. The molecule has 17 heavy (non-hydrogen) atoms. The molecule has 1 aromatic rings. The maximum Gasteiger partial charge on any atom is 0.306 e. The summed E-state index contributed by atoms with van der Waals surface area (Å²) < 4.78 is 18.6. The standard InChI is InChI=1S/C11H12BrFO4/c1-5(11(15)16)3-6-7(13)4-8(17-2)10(14)9(6)12/h4-5,14H,3H2,1-2H3,(H,15,16). The molecule has 1 rings (SSSR count). The van der Waals surface area contributed by atoms with E-state index in [0.29, 0.717) is 0 Å². The van der Waals surface area contributed by atoms with Crippen LogP contribution >= 0.6 is 15.9 Å². The number of phenols is 1. The van der Waals surface area contributed by atoms with Crippen molar-refractivity contribution in [2.45, 2.75) is 13.3 Å². The molecule has 0 aliphatic carbocycles. The summed E-state index contributed by atoms with van der Waals surface area (Å²) in [4.78, 5) is 10.7. The number of halogens is 2. The molecule has 1 atom stereocenters. The number of hydrogen-bond acceptors (Lipinski definition) is 3. The summed E-state index contributed by atoms with van der Waals surface area (Å²) in [6.07, 6.45) is -0.0146. The summed E-state index contributed by atoms with van der Waals surface area (Å²) in [5.74, 6) is -2.61. The zero-order valence-corrected chi connectivity index (χ0v) is 10.9. The highest BCUT2D eigenvalue weighted by atomic mass is 79.9. The Kier molecular flexibility index (Phi) is 4.34. The molecule has 94 valence electrons. The van der Waals surface area contributed by atoms with Crippen molar-refractivity contribution in [1.29, 1.82) is 0 Å². The summed E-state index contributed by atoms with van der Waals surface area (Å²) in [5.41, 5.74) is 0.123. The highest BCUT2D eigenvalue weighted by Crippen LogP contribution is 2.39. The van der Waals surface area contributed by atoms with Crippen molar-refractivity contribution >= 4 is 21.9 Å². The van der Waals surface area contributed by atoms with E-state index in [2.05, 4.69) is 15.9 Å². The van der Waals surface area contributed by atoms with Gasteiger partial charge in [-0.2, -0.15) is 0 Å². The third-order valence-corrected chi connectivity index (χ3v) is 3.26. The lowest BCUT2D eigenvalue weighted by atomic mass is 10.0. The van der Waals surface area contributed by atoms with Gasteiger partial charge in [0.05, 0.1) is 17.5 Å². The first kappa shape index (κ1) is 13.8. The van der Waals surface area contributed by atoms with Crippen LogP contribution in [0.3, 0.4) is 0 Å². The molecule has 0 spiro atoms. The van der Waals surface area contributed by atoms with Crippen LogP contribution in [0.15, 0.2) is 10.5 Å². The average Bonchev–Trinajstić information content (AvgIpc) is 2.28. The number of methoxy groups -OCH3 is 1. The molecule has 0 radical (unpaired) electrons. The molecule has 6 heteroatoms. The molecule has 0 aromatic heterocycles. The SMILES string of the molecule is COc1cc(F)c(CC(C)C(=O)O)c(Br)c1O. The van der Waals surface area contributed by atoms with E-state index in [1.807, 2.05) is 0 Å². The molecule has 4 nitrogen and oxygen atoms in total. The first-order chi connectivity index (χ1) is 7.88. The molecule has 0 saturated heterocycles.